The van der Waals surface area contributed by atoms with Gasteiger partial charge in [-0.15, -0.1) is 0 Å². The quantitative estimate of drug-likeness (QED) is 0.748. The van der Waals surface area contributed by atoms with Gasteiger partial charge in [0, 0.05) is 25.3 Å². The molecule has 0 radical (unpaired) electrons. The molecule has 0 saturated carbocycles. The molecule has 18 heavy (non-hydrogen) atoms. The first-order valence-corrected chi connectivity index (χ1v) is 6.55. The lowest BCUT2D eigenvalue weighted by Gasteiger charge is -2.23. The van der Waals surface area contributed by atoms with E-state index in [0.717, 1.165) is 25.2 Å². The number of rotatable bonds is 3. The fourth-order valence-electron chi connectivity index (χ4n) is 2.20. The Labute approximate surface area is 108 Å². The van der Waals surface area contributed by atoms with Crippen molar-refractivity contribution in [3.63, 3.8) is 0 Å². The first-order valence-electron chi connectivity index (χ1n) is 6.55. The van der Waals surface area contributed by atoms with Gasteiger partial charge in [-0.05, 0) is 36.6 Å². The Bertz CT molecular complexity index is 425. The highest BCUT2D eigenvalue weighted by molar-refractivity contribution is 5.95. The van der Waals surface area contributed by atoms with E-state index in [4.69, 9.17) is 0 Å². The van der Waals surface area contributed by atoms with Gasteiger partial charge in [0.1, 0.15) is 0 Å². The molecule has 1 amide bonds. The summed E-state index contributed by atoms with van der Waals surface area (Å²) in [7, 11) is 0. The minimum absolute atomic E-state index is 0.0353. The molecule has 0 spiro atoms. The van der Waals surface area contributed by atoms with Gasteiger partial charge < -0.3 is 16.0 Å². The molecule has 1 saturated heterocycles. The van der Waals surface area contributed by atoms with Crippen molar-refractivity contribution in [2.24, 2.45) is 0 Å². The molecular formula is C14H21N3O. The van der Waals surface area contributed by atoms with Crippen molar-refractivity contribution in [3.8, 4) is 0 Å². The standard InChI is InChI=1S/C14H21N3O/c1-3-11-8-12(5-4-10(11)2)17-14(18)13-9-15-6-7-16-13/h4-5,8,13,15-16H,3,6-7,9H2,1-2H3,(H,17,18). The van der Waals surface area contributed by atoms with Gasteiger partial charge in [-0.2, -0.15) is 0 Å². The Morgan fingerprint density at radius 3 is 2.94 bits per heavy atom. The van der Waals surface area contributed by atoms with Crippen LogP contribution in [0.3, 0.4) is 0 Å². The molecule has 4 nitrogen and oxygen atoms in total. The Kier molecular flexibility index (Phi) is 4.33. The summed E-state index contributed by atoms with van der Waals surface area (Å²) in [5.41, 5.74) is 3.44. The minimum atomic E-state index is -0.134. The molecule has 98 valence electrons. The second-order valence-corrected chi connectivity index (χ2v) is 4.69. The fraction of sp³-hybridized carbons (Fsp3) is 0.500. The molecule has 1 aromatic rings. The molecule has 0 aliphatic carbocycles. The summed E-state index contributed by atoms with van der Waals surface area (Å²) in [6.07, 6.45) is 0.985. The highest BCUT2D eigenvalue weighted by Crippen LogP contribution is 2.16. The van der Waals surface area contributed by atoms with Crippen molar-refractivity contribution < 1.29 is 4.79 Å². The zero-order valence-corrected chi connectivity index (χ0v) is 11.0. The van der Waals surface area contributed by atoms with Gasteiger partial charge in [0.05, 0.1) is 6.04 Å². The van der Waals surface area contributed by atoms with Crippen molar-refractivity contribution >= 4 is 11.6 Å². The minimum Gasteiger partial charge on any atom is -0.325 e. The van der Waals surface area contributed by atoms with E-state index in [-0.39, 0.29) is 11.9 Å². The summed E-state index contributed by atoms with van der Waals surface area (Å²) in [6.45, 7) is 6.68. The molecule has 0 bridgehead atoms. The molecule has 1 aliphatic rings. The number of hydrogen-bond acceptors (Lipinski definition) is 3. The van der Waals surface area contributed by atoms with E-state index in [1.54, 1.807) is 0 Å². The van der Waals surface area contributed by atoms with Crippen LogP contribution in [0.1, 0.15) is 18.1 Å². The van der Waals surface area contributed by atoms with E-state index >= 15 is 0 Å². The summed E-state index contributed by atoms with van der Waals surface area (Å²) in [5, 5.41) is 9.39. The van der Waals surface area contributed by atoms with Crippen LogP contribution in [0.15, 0.2) is 18.2 Å². The van der Waals surface area contributed by atoms with Crippen LogP contribution in [0.25, 0.3) is 0 Å². The smallest absolute Gasteiger partial charge is 0.242 e. The van der Waals surface area contributed by atoms with Crippen LogP contribution >= 0.6 is 0 Å². The lowest BCUT2D eigenvalue weighted by atomic mass is 10.1. The third-order valence-electron chi connectivity index (χ3n) is 3.36. The second kappa shape index (κ2) is 5.98. The Hall–Kier alpha value is -1.39. The Balaban J connectivity index is 2.02. The van der Waals surface area contributed by atoms with Gasteiger partial charge in [0.15, 0.2) is 0 Å². The summed E-state index contributed by atoms with van der Waals surface area (Å²) in [6, 6.07) is 5.94. The molecule has 4 heteroatoms. The Morgan fingerprint density at radius 1 is 1.44 bits per heavy atom. The molecule has 1 aromatic carbocycles. The number of anilines is 1. The number of nitrogens with one attached hydrogen (secondary N) is 3. The maximum atomic E-state index is 12.0. The third-order valence-corrected chi connectivity index (χ3v) is 3.36. The maximum absolute atomic E-state index is 12.0. The predicted octanol–water partition coefficient (Wildman–Crippen LogP) is 1.06. The van der Waals surface area contributed by atoms with Gasteiger partial charge in [0.25, 0.3) is 0 Å². The van der Waals surface area contributed by atoms with Gasteiger partial charge in [0.2, 0.25) is 5.91 Å². The van der Waals surface area contributed by atoms with E-state index in [1.165, 1.54) is 11.1 Å². The largest absolute Gasteiger partial charge is 0.325 e. The summed E-state index contributed by atoms with van der Waals surface area (Å²) < 4.78 is 0. The average molecular weight is 247 g/mol. The van der Waals surface area contributed by atoms with Crippen molar-refractivity contribution in [2.45, 2.75) is 26.3 Å². The maximum Gasteiger partial charge on any atom is 0.242 e. The zero-order chi connectivity index (χ0) is 13.0. The molecular weight excluding hydrogens is 226 g/mol. The van der Waals surface area contributed by atoms with Gasteiger partial charge >= 0.3 is 0 Å². The van der Waals surface area contributed by atoms with Gasteiger partial charge in [-0.1, -0.05) is 13.0 Å². The van der Waals surface area contributed by atoms with E-state index in [1.807, 2.05) is 6.07 Å². The highest BCUT2D eigenvalue weighted by atomic mass is 16.2. The predicted molar refractivity (Wildman–Crippen MR) is 73.8 cm³/mol. The van der Waals surface area contributed by atoms with E-state index in [0.29, 0.717) is 6.54 Å². The number of carbonyl (C=O) groups is 1. The number of aryl methyl sites for hydroxylation is 2. The van der Waals surface area contributed by atoms with Crippen molar-refractivity contribution in [1.82, 2.24) is 10.6 Å². The number of piperazine rings is 1. The Morgan fingerprint density at radius 2 is 2.28 bits per heavy atom. The van der Waals surface area contributed by atoms with Crippen LogP contribution in [-0.2, 0) is 11.2 Å². The number of hydrogen-bond donors (Lipinski definition) is 3. The van der Waals surface area contributed by atoms with Crippen LogP contribution in [0.4, 0.5) is 5.69 Å². The monoisotopic (exact) mass is 247 g/mol. The molecule has 1 unspecified atom stereocenters. The van der Waals surface area contributed by atoms with Crippen LogP contribution in [0.5, 0.6) is 0 Å². The lowest BCUT2D eigenvalue weighted by Crippen LogP contribution is -2.54. The van der Waals surface area contributed by atoms with E-state index in [2.05, 4.69) is 41.9 Å². The van der Waals surface area contributed by atoms with Crippen molar-refractivity contribution in [2.75, 3.05) is 25.0 Å². The summed E-state index contributed by atoms with van der Waals surface area (Å²) >= 11 is 0. The van der Waals surface area contributed by atoms with Crippen molar-refractivity contribution in [1.29, 1.82) is 0 Å². The molecule has 1 aliphatic heterocycles. The van der Waals surface area contributed by atoms with E-state index < -0.39 is 0 Å². The average Bonchev–Trinajstić information content (AvgIpc) is 2.42. The SMILES string of the molecule is CCc1cc(NC(=O)C2CNCCN2)ccc1C. The molecule has 1 heterocycles. The fourth-order valence-corrected chi connectivity index (χ4v) is 2.20. The summed E-state index contributed by atoms with van der Waals surface area (Å²) in [4.78, 5) is 12.0. The number of benzene rings is 1. The first kappa shape index (κ1) is 13.1. The van der Waals surface area contributed by atoms with Crippen LogP contribution in [0.2, 0.25) is 0 Å². The molecule has 0 aromatic heterocycles. The van der Waals surface area contributed by atoms with Crippen LogP contribution in [-0.4, -0.2) is 31.6 Å². The molecule has 2 rings (SSSR count). The third kappa shape index (κ3) is 3.09. The van der Waals surface area contributed by atoms with Crippen molar-refractivity contribution in [3.05, 3.63) is 29.3 Å². The summed E-state index contributed by atoms with van der Waals surface area (Å²) in [5.74, 6) is 0.0353. The lowest BCUT2D eigenvalue weighted by molar-refractivity contribution is -0.118. The first-order chi connectivity index (χ1) is 8.70. The topological polar surface area (TPSA) is 53.2 Å². The van der Waals surface area contributed by atoms with Crippen LogP contribution in [0, 0.1) is 6.92 Å². The van der Waals surface area contributed by atoms with Crippen LogP contribution < -0.4 is 16.0 Å². The number of carbonyl (C=O) groups excluding carboxylic acids is 1. The normalized spacial score (nSPS) is 19.6. The second-order valence-electron chi connectivity index (χ2n) is 4.69. The van der Waals surface area contributed by atoms with Gasteiger partial charge in [-0.25, -0.2) is 0 Å². The van der Waals surface area contributed by atoms with E-state index in [9.17, 15) is 4.79 Å². The number of amides is 1. The highest BCUT2D eigenvalue weighted by Gasteiger charge is 2.20. The van der Waals surface area contributed by atoms with Gasteiger partial charge in [-0.3, -0.25) is 4.79 Å². The molecule has 3 N–H and O–H groups in total. The zero-order valence-electron chi connectivity index (χ0n) is 11.0. The molecule has 1 fully saturated rings. The molecule has 1 atom stereocenters.